The highest BCUT2D eigenvalue weighted by Crippen LogP contribution is 2.26. The van der Waals surface area contributed by atoms with Gasteiger partial charge in [0.05, 0.1) is 11.2 Å². The molecular formula is C19H12ClFN2OS2. The van der Waals surface area contributed by atoms with Gasteiger partial charge < -0.3 is 0 Å². The minimum absolute atomic E-state index is 0.143. The first-order chi connectivity index (χ1) is 12.6. The highest BCUT2D eigenvalue weighted by Gasteiger charge is 2.14. The lowest BCUT2D eigenvalue weighted by molar-refractivity contribution is 0.627. The summed E-state index contributed by atoms with van der Waals surface area (Å²) in [6.45, 7) is 0. The van der Waals surface area contributed by atoms with E-state index in [1.807, 2.05) is 35.7 Å². The Morgan fingerprint density at radius 3 is 2.54 bits per heavy atom. The average molecular weight is 403 g/mol. The van der Waals surface area contributed by atoms with Crippen molar-refractivity contribution in [3.05, 3.63) is 86.7 Å². The van der Waals surface area contributed by atoms with Crippen molar-refractivity contribution in [2.24, 2.45) is 0 Å². The molecule has 0 aliphatic carbocycles. The van der Waals surface area contributed by atoms with E-state index in [-0.39, 0.29) is 11.4 Å². The van der Waals surface area contributed by atoms with E-state index < -0.39 is 0 Å². The maximum absolute atomic E-state index is 13.3. The topological polar surface area (TPSA) is 34.9 Å². The van der Waals surface area contributed by atoms with Crippen molar-refractivity contribution in [2.75, 3.05) is 0 Å². The Morgan fingerprint density at radius 2 is 1.81 bits per heavy atom. The second-order valence-corrected chi connectivity index (χ2v) is 7.86. The molecule has 0 bridgehead atoms. The lowest BCUT2D eigenvalue weighted by Crippen LogP contribution is -2.20. The van der Waals surface area contributed by atoms with Crippen LogP contribution in [-0.4, -0.2) is 9.55 Å². The van der Waals surface area contributed by atoms with E-state index in [1.54, 1.807) is 16.7 Å². The quantitative estimate of drug-likeness (QED) is 0.332. The van der Waals surface area contributed by atoms with Crippen LogP contribution in [0.5, 0.6) is 0 Å². The molecule has 0 radical (unpaired) electrons. The maximum atomic E-state index is 13.3. The smallest absolute Gasteiger partial charge is 0.267 e. The van der Waals surface area contributed by atoms with Crippen molar-refractivity contribution in [1.82, 2.24) is 9.55 Å². The van der Waals surface area contributed by atoms with Crippen LogP contribution in [0.2, 0.25) is 5.02 Å². The largest absolute Gasteiger partial charge is 0.276 e. The average Bonchev–Trinajstić information content (AvgIpc) is 3.11. The molecule has 7 heteroatoms. The SMILES string of the molecule is O=c1c2sccc2nc(SCc2ccc(Cl)cc2)n1-c1ccc(F)cc1. The maximum Gasteiger partial charge on any atom is 0.276 e. The molecule has 0 amide bonds. The molecule has 3 nitrogen and oxygen atoms in total. The van der Waals surface area contributed by atoms with Gasteiger partial charge in [0.2, 0.25) is 0 Å². The second kappa shape index (κ2) is 7.23. The zero-order chi connectivity index (χ0) is 18.1. The summed E-state index contributed by atoms with van der Waals surface area (Å²) < 4.78 is 15.4. The highest BCUT2D eigenvalue weighted by molar-refractivity contribution is 7.98. The molecule has 0 aliphatic heterocycles. The molecule has 26 heavy (non-hydrogen) atoms. The van der Waals surface area contributed by atoms with Crippen LogP contribution in [0, 0.1) is 5.82 Å². The summed E-state index contributed by atoms with van der Waals surface area (Å²) in [6, 6.07) is 15.2. The Labute approximate surface area is 162 Å². The predicted molar refractivity (Wildman–Crippen MR) is 106 cm³/mol. The predicted octanol–water partition coefficient (Wildman–Crippen LogP) is 5.53. The highest BCUT2D eigenvalue weighted by atomic mass is 35.5. The molecule has 0 saturated carbocycles. The first kappa shape index (κ1) is 17.3. The van der Waals surface area contributed by atoms with Gasteiger partial charge in [0.25, 0.3) is 5.56 Å². The lowest BCUT2D eigenvalue weighted by Gasteiger charge is -2.12. The molecule has 0 aliphatic rings. The van der Waals surface area contributed by atoms with Crippen molar-refractivity contribution in [2.45, 2.75) is 10.9 Å². The molecule has 0 fully saturated rings. The standard InChI is InChI=1S/C19H12ClFN2OS2/c20-13-3-1-12(2-4-13)11-26-19-22-16-9-10-25-17(16)18(24)23(19)15-7-5-14(21)6-8-15/h1-10H,11H2. The summed E-state index contributed by atoms with van der Waals surface area (Å²) in [5.41, 5.74) is 2.20. The van der Waals surface area contributed by atoms with Crippen LogP contribution >= 0.6 is 34.7 Å². The molecule has 130 valence electrons. The third kappa shape index (κ3) is 3.40. The first-order valence-electron chi connectivity index (χ1n) is 7.75. The third-order valence-corrected chi connectivity index (χ3v) is 5.97. The van der Waals surface area contributed by atoms with Crippen molar-refractivity contribution in [1.29, 1.82) is 0 Å². The van der Waals surface area contributed by atoms with Gasteiger partial charge in [-0.05, 0) is 53.4 Å². The zero-order valence-electron chi connectivity index (χ0n) is 13.4. The van der Waals surface area contributed by atoms with E-state index in [1.165, 1.54) is 35.2 Å². The molecule has 2 aromatic carbocycles. The third-order valence-electron chi connectivity index (χ3n) is 3.82. The summed E-state index contributed by atoms with van der Waals surface area (Å²) in [6.07, 6.45) is 0. The molecule has 0 unspecified atom stereocenters. The van der Waals surface area contributed by atoms with Crippen LogP contribution < -0.4 is 5.56 Å². The molecule has 0 saturated heterocycles. The van der Waals surface area contributed by atoms with Crippen LogP contribution in [0.3, 0.4) is 0 Å². The van der Waals surface area contributed by atoms with E-state index in [0.29, 0.717) is 31.8 Å². The monoisotopic (exact) mass is 402 g/mol. The van der Waals surface area contributed by atoms with Crippen LogP contribution in [0.1, 0.15) is 5.56 Å². The normalized spacial score (nSPS) is 11.2. The van der Waals surface area contributed by atoms with E-state index >= 15 is 0 Å². The molecule has 0 spiro atoms. The van der Waals surface area contributed by atoms with Crippen molar-refractivity contribution < 1.29 is 4.39 Å². The van der Waals surface area contributed by atoms with Gasteiger partial charge in [-0.15, -0.1) is 11.3 Å². The van der Waals surface area contributed by atoms with Crippen LogP contribution in [0.4, 0.5) is 4.39 Å². The Morgan fingerprint density at radius 1 is 1.08 bits per heavy atom. The minimum Gasteiger partial charge on any atom is -0.267 e. The fraction of sp³-hybridized carbons (Fsp3) is 0.0526. The van der Waals surface area contributed by atoms with Gasteiger partial charge in [-0.25, -0.2) is 9.37 Å². The van der Waals surface area contributed by atoms with Gasteiger partial charge in [-0.1, -0.05) is 35.5 Å². The van der Waals surface area contributed by atoms with E-state index in [0.717, 1.165) is 5.56 Å². The van der Waals surface area contributed by atoms with E-state index in [9.17, 15) is 9.18 Å². The van der Waals surface area contributed by atoms with Gasteiger partial charge in [0, 0.05) is 10.8 Å². The summed E-state index contributed by atoms with van der Waals surface area (Å²) in [5.74, 6) is 0.294. The van der Waals surface area contributed by atoms with Crippen molar-refractivity contribution in [3.8, 4) is 5.69 Å². The zero-order valence-corrected chi connectivity index (χ0v) is 15.7. The summed E-state index contributed by atoms with van der Waals surface area (Å²) in [4.78, 5) is 17.6. The number of hydrogen-bond acceptors (Lipinski definition) is 4. The number of halogens is 2. The lowest BCUT2D eigenvalue weighted by atomic mass is 10.2. The van der Waals surface area contributed by atoms with E-state index in [2.05, 4.69) is 4.98 Å². The van der Waals surface area contributed by atoms with Gasteiger partial charge in [-0.3, -0.25) is 9.36 Å². The number of hydrogen-bond donors (Lipinski definition) is 0. The number of nitrogens with zero attached hydrogens (tertiary/aromatic N) is 2. The molecule has 0 N–H and O–H groups in total. The van der Waals surface area contributed by atoms with Crippen LogP contribution in [-0.2, 0) is 5.75 Å². The van der Waals surface area contributed by atoms with Crippen LogP contribution in [0.25, 0.3) is 15.9 Å². The van der Waals surface area contributed by atoms with Crippen molar-refractivity contribution in [3.63, 3.8) is 0 Å². The fourth-order valence-electron chi connectivity index (χ4n) is 2.54. The minimum atomic E-state index is -0.345. The summed E-state index contributed by atoms with van der Waals surface area (Å²) in [5, 5.41) is 3.10. The number of fused-ring (bicyclic) bond motifs is 1. The van der Waals surface area contributed by atoms with Crippen LogP contribution in [0.15, 0.2) is 69.9 Å². The number of rotatable bonds is 4. The molecule has 0 atom stereocenters. The number of thioether (sulfide) groups is 1. The molecular weight excluding hydrogens is 391 g/mol. The van der Waals surface area contributed by atoms with Gasteiger partial charge >= 0.3 is 0 Å². The van der Waals surface area contributed by atoms with E-state index in [4.69, 9.17) is 11.6 Å². The molecule has 4 aromatic rings. The molecule has 2 heterocycles. The van der Waals surface area contributed by atoms with Crippen molar-refractivity contribution >= 4 is 44.9 Å². The Kier molecular flexibility index (Phi) is 4.80. The Balaban J connectivity index is 1.79. The number of thiophene rings is 1. The molecule has 2 aromatic heterocycles. The number of benzene rings is 2. The van der Waals surface area contributed by atoms with Gasteiger partial charge in [-0.2, -0.15) is 0 Å². The van der Waals surface area contributed by atoms with Gasteiger partial charge in [0.1, 0.15) is 10.5 Å². The first-order valence-corrected chi connectivity index (χ1v) is 9.99. The summed E-state index contributed by atoms with van der Waals surface area (Å²) >= 11 is 8.74. The number of aromatic nitrogens is 2. The fourth-order valence-corrected chi connectivity index (χ4v) is 4.39. The molecule has 4 rings (SSSR count). The summed E-state index contributed by atoms with van der Waals surface area (Å²) in [7, 11) is 0. The second-order valence-electron chi connectivity index (χ2n) is 5.56. The Bertz CT molecular complexity index is 1120. The Hall–Kier alpha value is -2.15. The van der Waals surface area contributed by atoms with Gasteiger partial charge in [0.15, 0.2) is 5.16 Å².